The summed E-state index contributed by atoms with van der Waals surface area (Å²) >= 11 is 2.93. The molecule has 0 radical (unpaired) electrons. The maximum absolute atomic E-state index is 12.2. The fraction of sp³-hybridized carbons (Fsp3) is 0.143. The van der Waals surface area contributed by atoms with Crippen molar-refractivity contribution in [2.24, 2.45) is 0 Å². The lowest BCUT2D eigenvalue weighted by Gasteiger charge is -2.03. The zero-order valence-electron chi connectivity index (χ0n) is 16.3. The number of carbonyl (C=O) groups excluding carboxylic acids is 1. The topological polar surface area (TPSA) is 98.7 Å². The quantitative estimate of drug-likeness (QED) is 0.337. The summed E-state index contributed by atoms with van der Waals surface area (Å²) in [7, 11) is 0. The number of rotatable bonds is 7. The number of aryl methyl sites for hydroxylation is 1. The number of nitrogen functional groups attached to an aromatic ring is 1. The molecule has 0 spiro atoms. The lowest BCUT2D eigenvalue weighted by molar-refractivity contribution is -0.115. The molecule has 2 heterocycles. The van der Waals surface area contributed by atoms with Crippen LogP contribution < -0.4 is 11.2 Å². The summed E-state index contributed by atoms with van der Waals surface area (Å²) in [5.41, 5.74) is 3.75. The summed E-state index contributed by atoms with van der Waals surface area (Å²) in [6.07, 6.45) is 0.245. The van der Waals surface area contributed by atoms with E-state index in [4.69, 9.17) is 5.84 Å². The standard InChI is InChI=1S/C21H20N6OS2/c1-14-7-9-15(10-8-14)20-25-26-21(27(20)22)30-13-17-12-29-19(24-17)11-18(28)23-16-5-3-2-4-6-16/h2-10,12H,11,13,22H2,1H3,(H,23,28). The molecule has 0 aliphatic heterocycles. The molecule has 0 saturated heterocycles. The number of thiazole rings is 1. The molecule has 3 N–H and O–H groups in total. The second-order valence-electron chi connectivity index (χ2n) is 6.65. The Morgan fingerprint density at radius 2 is 1.90 bits per heavy atom. The number of hydrogen-bond acceptors (Lipinski definition) is 7. The summed E-state index contributed by atoms with van der Waals surface area (Å²) in [4.78, 5) is 16.7. The van der Waals surface area contributed by atoms with Crippen molar-refractivity contribution in [2.75, 3.05) is 11.2 Å². The van der Waals surface area contributed by atoms with E-state index in [1.807, 2.05) is 66.9 Å². The average molecular weight is 437 g/mol. The van der Waals surface area contributed by atoms with E-state index in [0.717, 1.165) is 22.0 Å². The number of aromatic nitrogens is 4. The van der Waals surface area contributed by atoms with Gasteiger partial charge in [-0.25, -0.2) is 9.66 Å². The molecule has 0 atom stereocenters. The highest BCUT2D eigenvalue weighted by molar-refractivity contribution is 7.98. The second-order valence-corrected chi connectivity index (χ2v) is 8.54. The van der Waals surface area contributed by atoms with Crippen LogP contribution in [0.5, 0.6) is 0 Å². The SMILES string of the molecule is Cc1ccc(-c2nnc(SCc3csc(CC(=O)Nc4ccccc4)n3)n2N)cc1. The Hall–Kier alpha value is -3.17. The Kier molecular flexibility index (Phi) is 6.10. The molecule has 0 saturated carbocycles. The van der Waals surface area contributed by atoms with Gasteiger partial charge < -0.3 is 11.2 Å². The molecule has 1 amide bonds. The molecular formula is C21H20N6OS2. The van der Waals surface area contributed by atoms with Crippen molar-refractivity contribution < 1.29 is 4.79 Å². The van der Waals surface area contributed by atoms with Gasteiger partial charge in [0.2, 0.25) is 11.1 Å². The first-order chi connectivity index (χ1) is 14.6. The van der Waals surface area contributed by atoms with E-state index in [1.54, 1.807) is 0 Å². The molecule has 4 aromatic rings. The number of benzene rings is 2. The van der Waals surface area contributed by atoms with Gasteiger partial charge in [-0.05, 0) is 19.1 Å². The van der Waals surface area contributed by atoms with Crippen LogP contribution in [0.1, 0.15) is 16.3 Å². The molecule has 2 aromatic heterocycles. The van der Waals surface area contributed by atoms with Crippen molar-refractivity contribution in [3.8, 4) is 11.4 Å². The number of carbonyl (C=O) groups is 1. The van der Waals surface area contributed by atoms with Gasteiger partial charge in [0.05, 0.1) is 12.1 Å². The van der Waals surface area contributed by atoms with Crippen molar-refractivity contribution in [3.05, 3.63) is 76.2 Å². The summed E-state index contributed by atoms with van der Waals surface area (Å²) in [5, 5.41) is 14.6. The lowest BCUT2D eigenvalue weighted by Crippen LogP contribution is -2.14. The number of nitrogens with zero attached hydrogens (tertiary/aromatic N) is 4. The number of thioether (sulfide) groups is 1. The van der Waals surface area contributed by atoms with E-state index < -0.39 is 0 Å². The molecule has 4 rings (SSSR count). The van der Waals surface area contributed by atoms with Crippen LogP contribution in [0, 0.1) is 6.92 Å². The molecule has 0 aliphatic rings. The highest BCUT2D eigenvalue weighted by Crippen LogP contribution is 2.25. The van der Waals surface area contributed by atoms with E-state index in [9.17, 15) is 4.79 Å². The van der Waals surface area contributed by atoms with Gasteiger partial charge in [-0.15, -0.1) is 21.5 Å². The minimum Gasteiger partial charge on any atom is -0.335 e. The highest BCUT2D eigenvalue weighted by atomic mass is 32.2. The number of para-hydroxylation sites is 1. The van der Waals surface area contributed by atoms with Crippen molar-refractivity contribution in [1.82, 2.24) is 19.9 Å². The van der Waals surface area contributed by atoms with Crippen molar-refractivity contribution in [1.29, 1.82) is 0 Å². The maximum Gasteiger partial charge on any atom is 0.231 e. The van der Waals surface area contributed by atoms with Crippen LogP contribution in [0.25, 0.3) is 11.4 Å². The number of nitrogens with two attached hydrogens (primary N) is 1. The molecule has 0 unspecified atom stereocenters. The van der Waals surface area contributed by atoms with Gasteiger partial charge in [0, 0.05) is 22.4 Å². The van der Waals surface area contributed by atoms with Gasteiger partial charge in [0.15, 0.2) is 5.82 Å². The van der Waals surface area contributed by atoms with Crippen LogP contribution in [0.15, 0.2) is 65.1 Å². The van der Waals surface area contributed by atoms with Gasteiger partial charge in [-0.1, -0.05) is 59.8 Å². The number of anilines is 1. The third kappa shape index (κ3) is 4.87. The lowest BCUT2D eigenvalue weighted by atomic mass is 10.1. The minimum atomic E-state index is -0.0841. The Bertz CT molecular complexity index is 1140. The smallest absolute Gasteiger partial charge is 0.231 e. The molecule has 9 heteroatoms. The van der Waals surface area contributed by atoms with Crippen molar-refractivity contribution in [3.63, 3.8) is 0 Å². The first-order valence-electron chi connectivity index (χ1n) is 9.27. The second kappa shape index (κ2) is 9.10. The first kappa shape index (κ1) is 20.1. The van der Waals surface area contributed by atoms with Crippen LogP contribution in [0.3, 0.4) is 0 Å². The van der Waals surface area contributed by atoms with Gasteiger partial charge in [0.25, 0.3) is 0 Å². The van der Waals surface area contributed by atoms with Gasteiger partial charge in [-0.2, -0.15) is 0 Å². The summed E-state index contributed by atoms with van der Waals surface area (Å²) < 4.78 is 1.50. The normalized spacial score (nSPS) is 10.8. The molecule has 0 fully saturated rings. The van der Waals surface area contributed by atoms with E-state index in [1.165, 1.54) is 33.3 Å². The van der Waals surface area contributed by atoms with Gasteiger partial charge >= 0.3 is 0 Å². The highest BCUT2D eigenvalue weighted by Gasteiger charge is 2.14. The predicted molar refractivity (Wildman–Crippen MR) is 121 cm³/mol. The zero-order valence-corrected chi connectivity index (χ0v) is 17.9. The summed E-state index contributed by atoms with van der Waals surface area (Å²) in [6, 6.07) is 17.4. The maximum atomic E-state index is 12.2. The van der Waals surface area contributed by atoms with Gasteiger partial charge in [-0.3, -0.25) is 4.79 Å². The van der Waals surface area contributed by atoms with Crippen LogP contribution in [-0.4, -0.2) is 25.8 Å². The number of amides is 1. The van der Waals surface area contributed by atoms with Crippen molar-refractivity contribution in [2.45, 2.75) is 24.3 Å². The fourth-order valence-electron chi connectivity index (χ4n) is 2.77. The predicted octanol–water partition coefficient (Wildman–Crippen LogP) is 3.90. The summed E-state index contributed by atoms with van der Waals surface area (Å²) in [6.45, 7) is 2.03. The molecule has 2 aromatic carbocycles. The van der Waals surface area contributed by atoms with Gasteiger partial charge in [0.1, 0.15) is 5.01 Å². The van der Waals surface area contributed by atoms with Crippen LogP contribution in [-0.2, 0) is 17.0 Å². The Morgan fingerprint density at radius 3 is 2.67 bits per heavy atom. The van der Waals surface area contributed by atoms with E-state index >= 15 is 0 Å². The van der Waals surface area contributed by atoms with Crippen LogP contribution in [0.2, 0.25) is 0 Å². The third-order valence-corrected chi connectivity index (χ3v) is 6.17. The van der Waals surface area contributed by atoms with E-state index in [2.05, 4.69) is 20.5 Å². The molecular weight excluding hydrogens is 416 g/mol. The molecule has 7 nitrogen and oxygen atoms in total. The van der Waals surface area contributed by atoms with E-state index in [0.29, 0.717) is 16.7 Å². The Balaban J connectivity index is 1.34. The van der Waals surface area contributed by atoms with Crippen LogP contribution in [0.4, 0.5) is 5.69 Å². The van der Waals surface area contributed by atoms with Crippen molar-refractivity contribution >= 4 is 34.7 Å². The Labute approximate surface area is 182 Å². The molecule has 30 heavy (non-hydrogen) atoms. The first-order valence-corrected chi connectivity index (χ1v) is 11.1. The van der Waals surface area contributed by atoms with Crippen LogP contribution >= 0.6 is 23.1 Å². The molecule has 0 bridgehead atoms. The number of nitrogens with one attached hydrogen (secondary N) is 1. The minimum absolute atomic E-state index is 0.0841. The largest absolute Gasteiger partial charge is 0.335 e. The Morgan fingerprint density at radius 1 is 1.13 bits per heavy atom. The van der Waals surface area contributed by atoms with E-state index in [-0.39, 0.29) is 12.3 Å². The average Bonchev–Trinajstić information content (AvgIpc) is 3.34. The third-order valence-electron chi connectivity index (χ3n) is 4.29. The zero-order chi connectivity index (χ0) is 20.9. The summed E-state index contributed by atoms with van der Waals surface area (Å²) in [5.74, 6) is 7.31. The molecule has 152 valence electrons. The number of hydrogen-bond donors (Lipinski definition) is 2. The molecule has 0 aliphatic carbocycles. The fourth-order valence-corrected chi connectivity index (χ4v) is 4.42. The monoisotopic (exact) mass is 436 g/mol.